The number of esters is 1. The Bertz CT molecular complexity index is 683. The van der Waals surface area contributed by atoms with Gasteiger partial charge in [0.1, 0.15) is 11.5 Å². The van der Waals surface area contributed by atoms with Crippen molar-refractivity contribution in [2.24, 2.45) is 0 Å². The van der Waals surface area contributed by atoms with Crippen molar-refractivity contribution in [1.29, 1.82) is 0 Å². The van der Waals surface area contributed by atoms with Crippen LogP contribution in [0.3, 0.4) is 0 Å². The third-order valence-corrected chi connectivity index (χ3v) is 3.30. The van der Waals surface area contributed by atoms with Crippen molar-refractivity contribution in [2.75, 3.05) is 21.2 Å². The van der Waals surface area contributed by atoms with Gasteiger partial charge in [-0.15, -0.1) is 0 Å². The summed E-state index contributed by atoms with van der Waals surface area (Å²) < 4.78 is 10.5. The van der Waals surface area contributed by atoms with E-state index >= 15 is 0 Å². The lowest BCUT2D eigenvalue weighted by molar-refractivity contribution is -0.134. The monoisotopic (exact) mass is 299 g/mol. The van der Waals surface area contributed by atoms with Crippen LogP contribution in [0.2, 0.25) is 0 Å². The van der Waals surface area contributed by atoms with Crippen molar-refractivity contribution in [3.05, 3.63) is 53.8 Å². The van der Waals surface area contributed by atoms with Crippen molar-refractivity contribution < 1.29 is 13.9 Å². The van der Waals surface area contributed by atoms with Gasteiger partial charge >= 0.3 is 5.97 Å². The van der Waals surface area contributed by atoms with Crippen LogP contribution in [0, 0.1) is 0 Å². The molecule has 2 aromatic rings. The number of benzene rings is 1. The van der Waals surface area contributed by atoms with Crippen LogP contribution >= 0.6 is 0 Å². The molecule has 22 heavy (non-hydrogen) atoms. The summed E-state index contributed by atoms with van der Waals surface area (Å²) in [5.74, 6) is 1.08. The highest BCUT2D eigenvalue weighted by Gasteiger charge is 2.11. The molecule has 0 spiro atoms. The summed E-state index contributed by atoms with van der Waals surface area (Å²) in [7, 11) is 5.43. The minimum Gasteiger partial charge on any atom is -0.466 e. The predicted molar refractivity (Wildman–Crippen MR) is 87.2 cm³/mol. The van der Waals surface area contributed by atoms with Gasteiger partial charge in [0.05, 0.1) is 7.11 Å². The highest BCUT2D eigenvalue weighted by Crippen LogP contribution is 2.29. The van der Waals surface area contributed by atoms with Crippen LogP contribution in [0.15, 0.2) is 46.9 Å². The lowest BCUT2D eigenvalue weighted by Crippen LogP contribution is -2.11. The molecule has 116 valence electrons. The van der Waals surface area contributed by atoms with Gasteiger partial charge in [-0.05, 0) is 44.3 Å². The molecule has 0 atom stereocenters. The van der Waals surface area contributed by atoms with Crippen LogP contribution in [0.1, 0.15) is 18.2 Å². The topological polar surface area (TPSA) is 42.7 Å². The van der Waals surface area contributed by atoms with Crippen LogP contribution in [-0.4, -0.2) is 32.1 Å². The second-order valence-corrected chi connectivity index (χ2v) is 5.41. The molecule has 0 radical (unpaired) electrons. The molecule has 1 aromatic heterocycles. The largest absolute Gasteiger partial charge is 0.466 e. The fourth-order valence-corrected chi connectivity index (χ4v) is 2.24. The summed E-state index contributed by atoms with van der Waals surface area (Å²) in [6.45, 7) is 2.66. The van der Waals surface area contributed by atoms with E-state index in [9.17, 15) is 4.79 Å². The van der Waals surface area contributed by atoms with Gasteiger partial charge in [0, 0.05) is 18.2 Å². The molecular formula is C18H21NO3. The van der Waals surface area contributed by atoms with Crippen molar-refractivity contribution in [3.8, 4) is 11.3 Å². The van der Waals surface area contributed by atoms with Crippen molar-refractivity contribution in [1.82, 2.24) is 4.90 Å². The van der Waals surface area contributed by atoms with Gasteiger partial charge in [-0.25, -0.2) is 4.79 Å². The summed E-state index contributed by atoms with van der Waals surface area (Å²) in [6, 6.07) is 12.0. The third kappa shape index (κ3) is 3.86. The lowest BCUT2D eigenvalue weighted by Gasteiger charge is -2.12. The first-order chi connectivity index (χ1) is 10.5. The van der Waals surface area contributed by atoms with Crippen molar-refractivity contribution in [3.63, 3.8) is 0 Å². The van der Waals surface area contributed by atoms with Crippen LogP contribution in [0.5, 0.6) is 0 Å². The Morgan fingerprint density at radius 2 is 1.95 bits per heavy atom. The number of ether oxygens (including phenoxy) is 1. The number of hydrogen-bond donors (Lipinski definition) is 0. The molecule has 1 heterocycles. The quantitative estimate of drug-likeness (QED) is 0.625. The highest BCUT2D eigenvalue weighted by molar-refractivity contribution is 5.90. The Balaban J connectivity index is 2.33. The van der Waals surface area contributed by atoms with Gasteiger partial charge in [0.25, 0.3) is 0 Å². The molecule has 1 aromatic carbocycles. The Labute approximate surface area is 131 Å². The second-order valence-electron chi connectivity index (χ2n) is 5.41. The Morgan fingerprint density at radius 1 is 1.23 bits per heavy atom. The Hall–Kier alpha value is -2.33. The van der Waals surface area contributed by atoms with Crippen LogP contribution < -0.4 is 0 Å². The molecule has 2 rings (SSSR count). The normalized spacial score (nSPS) is 11.8. The van der Waals surface area contributed by atoms with Crippen LogP contribution in [-0.2, 0) is 16.1 Å². The summed E-state index contributed by atoms with van der Waals surface area (Å²) in [5.41, 5.74) is 3.00. The molecule has 4 nitrogen and oxygen atoms in total. The molecule has 0 aliphatic carbocycles. The summed E-state index contributed by atoms with van der Waals surface area (Å²) >= 11 is 0. The zero-order valence-corrected chi connectivity index (χ0v) is 13.4. The predicted octanol–water partition coefficient (Wildman–Crippen LogP) is 3.58. The number of rotatable bonds is 5. The third-order valence-electron chi connectivity index (χ3n) is 3.30. The van der Waals surface area contributed by atoms with E-state index in [4.69, 9.17) is 4.42 Å². The van der Waals surface area contributed by atoms with Gasteiger partial charge in [-0.3, -0.25) is 0 Å². The fraction of sp³-hybridized carbons (Fsp3) is 0.278. The number of nitrogens with zero attached hydrogens (tertiary/aromatic N) is 1. The highest BCUT2D eigenvalue weighted by atomic mass is 16.5. The van der Waals surface area contributed by atoms with Crippen molar-refractivity contribution >= 4 is 11.5 Å². The lowest BCUT2D eigenvalue weighted by atomic mass is 10.1. The van der Waals surface area contributed by atoms with E-state index < -0.39 is 0 Å². The van der Waals surface area contributed by atoms with E-state index in [1.54, 1.807) is 0 Å². The minimum atomic E-state index is -0.386. The molecule has 0 amide bonds. The zero-order valence-electron chi connectivity index (χ0n) is 13.4. The first-order valence-electron chi connectivity index (χ1n) is 7.10. The fourth-order valence-electron chi connectivity index (χ4n) is 2.24. The number of hydrogen-bond acceptors (Lipinski definition) is 4. The first-order valence-corrected chi connectivity index (χ1v) is 7.10. The van der Waals surface area contributed by atoms with Gasteiger partial charge in [-0.1, -0.05) is 24.3 Å². The molecule has 0 aliphatic heterocycles. The number of carbonyl (C=O) groups excluding carboxylic acids is 1. The van der Waals surface area contributed by atoms with E-state index in [-0.39, 0.29) is 5.97 Å². The maximum absolute atomic E-state index is 11.3. The molecule has 0 saturated carbocycles. The van der Waals surface area contributed by atoms with E-state index in [1.165, 1.54) is 18.7 Å². The number of allylic oxidation sites excluding steroid dienone is 1. The van der Waals surface area contributed by atoms with E-state index in [2.05, 4.69) is 15.7 Å². The van der Waals surface area contributed by atoms with E-state index in [1.807, 2.05) is 51.4 Å². The van der Waals surface area contributed by atoms with Gasteiger partial charge in [-0.2, -0.15) is 0 Å². The van der Waals surface area contributed by atoms with Crippen LogP contribution in [0.4, 0.5) is 0 Å². The Morgan fingerprint density at radius 3 is 2.64 bits per heavy atom. The number of carbonyl (C=O) groups is 1. The minimum absolute atomic E-state index is 0.386. The molecule has 4 heteroatoms. The average molecular weight is 299 g/mol. The molecular weight excluding hydrogens is 278 g/mol. The first kappa shape index (κ1) is 16.0. The maximum Gasteiger partial charge on any atom is 0.330 e. The summed E-state index contributed by atoms with van der Waals surface area (Å²) in [4.78, 5) is 13.4. The van der Waals surface area contributed by atoms with E-state index in [0.717, 1.165) is 23.4 Å². The van der Waals surface area contributed by atoms with Crippen molar-refractivity contribution in [2.45, 2.75) is 13.5 Å². The second kappa shape index (κ2) is 7.09. The molecule has 0 unspecified atom stereocenters. The van der Waals surface area contributed by atoms with Crippen LogP contribution in [0.25, 0.3) is 16.9 Å². The standard InChI is InChI=1S/C18H21NO3/c1-13(11-18(20)21-4)16-9-10-17(22-16)15-8-6-5-7-14(15)12-19(2)3/h5-11H,12H2,1-4H3/b13-11+. The Kier molecular flexibility index (Phi) is 5.17. The molecule has 0 saturated heterocycles. The van der Waals surface area contributed by atoms with E-state index in [0.29, 0.717) is 5.76 Å². The molecule has 0 bridgehead atoms. The van der Waals surface area contributed by atoms with Gasteiger partial charge < -0.3 is 14.1 Å². The number of furan rings is 1. The zero-order chi connectivity index (χ0) is 16.1. The molecule has 0 fully saturated rings. The SMILES string of the molecule is COC(=O)/C=C(\C)c1ccc(-c2ccccc2CN(C)C)o1. The molecule has 0 N–H and O–H groups in total. The molecule has 0 aliphatic rings. The maximum atomic E-state index is 11.3. The van der Waals surface area contributed by atoms with Gasteiger partial charge in [0.2, 0.25) is 0 Å². The number of methoxy groups -OCH3 is 1. The average Bonchev–Trinajstić information content (AvgIpc) is 2.96. The summed E-state index contributed by atoms with van der Waals surface area (Å²) in [5, 5.41) is 0. The summed E-state index contributed by atoms with van der Waals surface area (Å²) in [6.07, 6.45) is 1.42. The smallest absolute Gasteiger partial charge is 0.330 e. The van der Waals surface area contributed by atoms with Gasteiger partial charge in [0.15, 0.2) is 0 Å².